The number of alkyl halides is 3. The van der Waals surface area contributed by atoms with Gasteiger partial charge in [-0.25, -0.2) is 0 Å². The molecule has 26 heavy (non-hydrogen) atoms. The largest absolute Gasteiger partial charge is 0.472 e. The predicted molar refractivity (Wildman–Crippen MR) is 97.7 cm³/mol. The second-order valence-electron chi connectivity index (χ2n) is 6.35. The molecule has 2 aromatic carbocycles. The van der Waals surface area contributed by atoms with E-state index in [0.29, 0.717) is 5.56 Å². The maximum atomic E-state index is 14.0. The van der Waals surface area contributed by atoms with Crippen LogP contribution in [-0.2, 0) is 12.0 Å². The Kier molecular flexibility index (Phi) is 4.99. The second kappa shape index (κ2) is 6.80. The van der Waals surface area contributed by atoms with Gasteiger partial charge in [-0.1, -0.05) is 41.4 Å². The van der Waals surface area contributed by atoms with Gasteiger partial charge in [-0.2, -0.15) is 13.2 Å². The highest BCUT2D eigenvalue weighted by atomic mass is 35.5. The van der Waals surface area contributed by atoms with Crippen molar-refractivity contribution in [1.29, 1.82) is 0 Å². The van der Waals surface area contributed by atoms with Gasteiger partial charge >= 0.3 is 6.18 Å². The third kappa shape index (κ3) is 3.56. The van der Waals surface area contributed by atoms with Crippen LogP contribution in [0.4, 0.5) is 13.2 Å². The van der Waals surface area contributed by atoms with Crippen LogP contribution in [0, 0.1) is 0 Å². The molecule has 0 spiro atoms. The van der Waals surface area contributed by atoms with Crippen LogP contribution in [-0.4, -0.2) is 12.2 Å². The Morgan fingerprint density at radius 3 is 2.38 bits per heavy atom. The quantitative estimate of drug-likeness (QED) is 0.710. The third-order valence-corrected chi connectivity index (χ3v) is 4.62. The topological polar surface area (TPSA) is 35.2 Å². The summed E-state index contributed by atoms with van der Waals surface area (Å²) in [6, 6.07) is 8.62. The summed E-state index contributed by atoms with van der Waals surface area (Å²) in [6.07, 6.45) is -1.47. The van der Waals surface area contributed by atoms with Crippen molar-refractivity contribution in [3.05, 3.63) is 69.2 Å². The first-order valence-corrected chi connectivity index (χ1v) is 8.65. The molecule has 0 fully saturated rings. The molecule has 0 radical (unpaired) electrons. The lowest BCUT2D eigenvalue weighted by atomic mass is 9.88. The van der Waals surface area contributed by atoms with Crippen molar-refractivity contribution < 1.29 is 17.9 Å². The lowest BCUT2D eigenvalue weighted by molar-refractivity contribution is -0.248. The average molecular weight is 402 g/mol. The summed E-state index contributed by atoms with van der Waals surface area (Å²) in [7, 11) is 0. The molecule has 2 aromatic rings. The number of hydrogen-bond acceptors (Lipinski definition) is 2. The molecule has 0 saturated carbocycles. The molecule has 0 aromatic heterocycles. The van der Waals surface area contributed by atoms with Gasteiger partial charge in [0.15, 0.2) is 0 Å². The van der Waals surface area contributed by atoms with Crippen molar-refractivity contribution in [1.82, 2.24) is 0 Å². The first kappa shape index (κ1) is 19.1. The Labute approximate surface area is 159 Å². The molecule has 2 unspecified atom stereocenters. The van der Waals surface area contributed by atoms with Crippen LogP contribution in [0.1, 0.15) is 23.6 Å². The van der Waals surface area contributed by atoms with Crippen molar-refractivity contribution in [3.8, 4) is 5.75 Å². The highest BCUT2D eigenvalue weighted by Crippen LogP contribution is 2.51. The molecule has 2 nitrogen and oxygen atoms in total. The van der Waals surface area contributed by atoms with Gasteiger partial charge in [-0.05, 0) is 48.4 Å². The van der Waals surface area contributed by atoms with Crippen molar-refractivity contribution >= 4 is 29.3 Å². The first-order chi connectivity index (χ1) is 12.1. The summed E-state index contributed by atoms with van der Waals surface area (Å²) in [5.41, 5.74) is 4.25. The molecule has 1 heterocycles. The molecular weight excluding hydrogens is 386 g/mol. The summed E-state index contributed by atoms with van der Waals surface area (Å²) in [5.74, 6) is 0.191. The number of rotatable bonds is 3. The lowest BCUT2D eigenvalue weighted by Crippen LogP contribution is -2.46. The van der Waals surface area contributed by atoms with Crippen LogP contribution in [0.2, 0.25) is 10.0 Å². The second-order valence-corrected chi connectivity index (χ2v) is 7.22. The molecular formula is C19H16Cl2F3NO. The molecule has 0 aliphatic carbocycles. The number of hydrogen-bond donors (Lipinski definition) is 1. The Balaban J connectivity index is 2.06. The van der Waals surface area contributed by atoms with Gasteiger partial charge in [0, 0.05) is 28.1 Å². The van der Waals surface area contributed by atoms with E-state index in [1.165, 1.54) is 24.3 Å². The molecule has 2 N–H and O–H groups in total. The first-order valence-electron chi connectivity index (χ1n) is 7.90. The molecule has 2 atom stereocenters. The Morgan fingerprint density at radius 2 is 1.81 bits per heavy atom. The smallest absolute Gasteiger partial charge is 0.432 e. The van der Waals surface area contributed by atoms with Gasteiger partial charge in [-0.3, -0.25) is 0 Å². The van der Waals surface area contributed by atoms with E-state index in [4.69, 9.17) is 33.7 Å². The Hall–Kier alpha value is -1.69. The highest BCUT2D eigenvalue weighted by Gasteiger charge is 2.61. The maximum Gasteiger partial charge on any atom is 0.432 e. The number of ether oxygens (including phenoxy) is 1. The summed E-state index contributed by atoms with van der Waals surface area (Å²) in [4.78, 5) is 0. The fraction of sp³-hybridized carbons (Fsp3) is 0.263. The van der Waals surface area contributed by atoms with Crippen molar-refractivity contribution in [2.45, 2.75) is 31.2 Å². The minimum atomic E-state index is -4.65. The molecule has 7 heteroatoms. The predicted octanol–water partition coefficient (Wildman–Crippen LogP) is 5.75. The van der Waals surface area contributed by atoms with Gasteiger partial charge < -0.3 is 10.5 Å². The van der Waals surface area contributed by atoms with E-state index in [1.54, 1.807) is 24.3 Å². The summed E-state index contributed by atoms with van der Waals surface area (Å²) < 4.78 is 47.6. The molecule has 0 bridgehead atoms. The molecule has 0 saturated heterocycles. The minimum Gasteiger partial charge on any atom is -0.472 e. The molecule has 138 valence electrons. The third-order valence-electron chi connectivity index (χ3n) is 4.19. The Bertz CT molecular complexity index is 844. The highest BCUT2D eigenvalue weighted by molar-refractivity contribution is 6.34. The van der Waals surface area contributed by atoms with Gasteiger partial charge in [0.2, 0.25) is 5.60 Å². The van der Waals surface area contributed by atoms with Crippen LogP contribution in [0.3, 0.4) is 0 Å². The van der Waals surface area contributed by atoms with Gasteiger partial charge in [0.05, 0.1) is 0 Å². The van der Waals surface area contributed by atoms with E-state index in [2.05, 4.69) is 0 Å². The number of halogens is 5. The minimum absolute atomic E-state index is 0.119. The molecule has 0 amide bonds. The van der Waals surface area contributed by atoms with Gasteiger partial charge in [0.25, 0.3) is 0 Å². The van der Waals surface area contributed by atoms with E-state index >= 15 is 0 Å². The standard InChI is InChI=1S/C19H16Cl2F3NO/c1-11(25)2-3-12-4-5-17-13(6-12)10-18(26-17,19(22,23)24)14-7-15(20)9-16(21)8-14/h2-9,11H,10,25H2,1H3/b3-2-. The van der Waals surface area contributed by atoms with Crippen LogP contribution in [0.25, 0.3) is 6.08 Å². The lowest BCUT2D eigenvalue weighted by Gasteiger charge is -2.31. The van der Waals surface area contributed by atoms with Gasteiger partial charge in [0.1, 0.15) is 5.75 Å². The number of nitrogens with two attached hydrogens (primary N) is 1. The molecule has 1 aliphatic rings. The van der Waals surface area contributed by atoms with Crippen LogP contribution in [0.15, 0.2) is 42.5 Å². The number of fused-ring (bicyclic) bond motifs is 1. The van der Waals surface area contributed by atoms with Crippen LogP contribution < -0.4 is 10.5 Å². The van der Waals surface area contributed by atoms with Crippen molar-refractivity contribution in [2.24, 2.45) is 5.73 Å². The fourth-order valence-corrected chi connectivity index (χ4v) is 3.49. The van der Waals surface area contributed by atoms with E-state index < -0.39 is 11.8 Å². The van der Waals surface area contributed by atoms with Crippen LogP contribution in [0.5, 0.6) is 5.75 Å². The fourth-order valence-electron chi connectivity index (χ4n) is 2.97. The summed E-state index contributed by atoms with van der Waals surface area (Å²) in [6.45, 7) is 1.81. The summed E-state index contributed by atoms with van der Waals surface area (Å²) in [5, 5.41) is 0.243. The average Bonchev–Trinajstić information content (AvgIpc) is 2.91. The summed E-state index contributed by atoms with van der Waals surface area (Å²) >= 11 is 11.8. The van der Waals surface area contributed by atoms with Crippen LogP contribution >= 0.6 is 23.2 Å². The molecule has 1 aliphatic heterocycles. The Morgan fingerprint density at radius 1 is 1.15 bits per heavy atom. The van der Waals surface area contributed by atoms with E-state index in [9.17, 15) is 13.2 Å². The normalized spacial score (nSPS) is 20.9. The number of benzene rings is 2. The van der Waals surface area contributed by atoms with Crippen molar-refractivity contribution in [2.75, 3.05) is 0 Å². The zero-order valence-corrected chi connectivity index (χ0v) is 15.3. The SMILES string of the molecule is CC(N)/C=C\c1ccc2c(c1)CC(c1cc(Cl)cc(Cl)c1)(C(F)(F)F)O2. The monoisotopic (exact) mass is 401 g/mol. The zero-order valence-electron chi connectivity index (χ0n) is 13.8. The van der Waals surface area contributed by atoms with E-state index in [-0.39, 0.29) is 33.8 Å². The van der Waals surface area contributed by atoms with E-state index in [1.807, 2.05) is 6.92 Å². The molecule has 3 rings (SSSR count). The zero-order chi connectivity index (χ0) is 19.1. The van der Waals surface area contributed by atoms with E-state index in [0.717, 1.165) is 5.56 Å². The van der Waals surface area contributed by atoms with Crippen molar-refractivity contribution in [3.63, 3.8) is 0 Å². The van der Waals surface area contributed by atoms with Gasteiger partial charge in [-0.15, -0.1) is 0 Å². The maximum absolute atomic E-state index is 14.0.